The van der Waals surface area contributed by atoms with Crippen molar-refractivity contribution in [3.8, 4) is 11.5 Å². The Labute approximate surface area is 151 Å². The van der Waals surface area contributed by atoms with Crippen LogP contribution in [0.3, 0.4) is 0 Å². The Bertz CT molecular complexity index is 708. The van der Waals surface area contributed by atoms with Crippen LogP contribution < -0.4 is 26.3 Å². The summed E-state index contributed by atoms with van der Waals surface area (Å²) in [6.07, 6.45) is -0.720. The monoisotopic (exact) mass is 364 g/mol. The highest BCUT2D eigenvalue weighted by atomic mass is 16.7. The molecule has 2 rings (SSSR count). The number of likely N-dealkylation sites (N-methyl/N-ethyl adjacent to an activating group) is 1. The second-order valence-corrected chi connectivity index (χ2v) is 6.24. The Hall–Kier alpha value is -2.65. The van der Waals surface area contributed by atoms with Gasteiger partial charge in [0.05, 0.1) is 24.7 Å². The average molecular weight is 364 g/mol. The third-order valence-corrected chi connectivity index (χ3v) is 4.37. The third-order valence-electron chi connectivity index (χ3n) is 4.37. The molecule has 2 amide bonds. The molecule has 0 spiro atoms. The van der Waals surface area contributed by atoms with Gasteiger partial charge in [0.2, 0.25) is 18.6 Å². The molecule has 5 N–H and O–H groups in total. The van der Waals surface area contributed by atoms with Gasteiger partial charge in [-0.15, -0.1) is 0 Å². The molecule has 1 heterocycles. The number of nitrogens with one attached hydrogen (secondary N) is 1. The Morgan fingerprint density at radius 3 is 2.54 bits per heavy atom. The van der Waals surface area contributed by atoms with Crippen LogP contribution in [0.4, 0.5) is 0 Å². The summed E-state index contributed by atoms with van der Waals surface area (Å²) in [5.41, 5.74) is 11.1. The molecule has 0 aromatic heterocycles. The standard InChI is InChI=1S/C17H24N4O5/c1-9(16(23)11-4-5-13-14(6-11)26-8-25-13)21(3)10(2)20-17(24)12(18)7-15(19)22/h4-6,9-10,12H,7-8,18H2,1-3H3,(H2,19,22)(H,20,24). The lowest BCUT2D eigenvalue weighted by atomic mass is 10.0. The highest BCUT2D eigenvalue weighted by Crippen LogP contribution is 2.33. The molecule has 1 aromatic rings. The molecular formula is C17H24N4O5. The number of primary amides is 1. The fourth-order valence-corrected chi connectivity index (χ4v) is 2.54. The molecule has 1 aliphatic rings. The van der Waals surface area contributed by atoms with Crippen LogP contribution in [0, 0.1) is 0 Å². The molecular weight excluding hydrogens is 340 g/mol. The predicted octanol–water partition coefficient (Wildman–Crippen LogP) is -0.417. The van der Waals surface area contributed by atoms with Crippen molar-refractivity contribution in [2.24, 2.45) is 11.5 Å². The van der Waals surface area contributed by atoms with E-state index in [1.54, 1.807) is 44.0 Å². The number of ketones is 1. The van der Waals surface area contributed by atoms with E-state index < -0.39 is 30.1 Å². The number of hydrogen-bond donors (Lipinski definition) is 3. The third kappa shape index (κ3) is 4.50. The van der Waals surface area contributed by atoms with Crippen molar-refractivity contribution in [2.75, 3.05) is 13.8 Å². The summed E-state index contributed by atoms with van der Waals surface area (Å²) in [4.78, 5) is 37.3. The molecule has 3 atom stereocenters. The highest BCUT2D eigenvalue weighted by Gasteiger charge is 2.27. The van der Waals surface area contributed by atoms with Gasteiger partial charge in [-0.1, -0.05) is 0 Å². The molecule has 9 heteroatoms. The van der Waals surface area contributed by atoms with E-state index in [1.807, 2.05) is 0 Å². The van der Waals surface area contributed by atoms with Crippen LogP contribution in [0.2, 0.25) is 0 Å². The molecule has 0 saturated carbocycles. The molecule has 0 radical (unpaired) electrons. The lowest BCUT2D eigenvalue weighted by molar-refractivity contribution is -0.127. The van der Waals surface area contributed by atoms with E-state index >= 15 is 0 Å². The van der Waals surface area contributed by atoms with Gasteiger partial charge in [0.25, 0.3) is 0 Å². The zero-order valence-electron chi connectivity index (χ0n) is 15.0. The van der Waals surface area contributed by atoms with Crippen molar-refractivity contribution in [1.82, 2.24) is 10.2 Å². The van der Waals surface area contributed by atoms with Crippen molar-refractivity contribution < 1.29 is 23.9 Å². The fourth-order valence-electron chi connectivity index (χ4n) is 2.54. The Kier molecular flexibility index (Phi) is 6.17. The summed E-state index contributed by atoms with van der Waals surface area (Å²) in [5.74, 6) is -0.157. The second-order valence-electron chi connectivity index (χ2n) is 6.24. The van der Waals surface area contributed by atoms with Crippen molar-refractivity contribution in [3.05, 3.63) is 23.8 Å². The van der Waals surface area contributed by atoms with Crippen molar-refractivity contribution in [2.45, 2.75) is 38.5 Å². The second kappa shape index (κ2) is 8.15. The van der Waals surface area contributed by atoms with Gasteiger partial charge >= 0.3 is 0 Å². The number of nitrogens with two attached hydrogens (primary N) is 2. The van der Waals surface area contributed by atoms with E-state index in [4.69, 9.17) is 20.9 Å². The number of amides is 2. The molecule has 1 aliphatic heterocycles. The largest absolute Gasteiger partial charge is 0.454 e. The molecule has 26 heavy (non-hydrogen) atoms. The number of carbonyl (C=O) groups is 3. The van der Waals surface area contributed by atoms with Crippen LogP contribution in [-0.2, 0) is 9.59 Å². The van der Waals surface area contributed by atoms with Gasteiger partial charge in [-0.05, 0) is 39.1 Å². The molecule has 0 fully saturated rings. The number of Topliss-reactive ketones (excluding diaryl/α,β-unsaturated/α-hetero) is 1. The Balaban J connectivity index is 1.99. The SMILES string of the molecule is CC(NC(=O)C(N)CC(N)=O)N(C)C(C)C(=O)c1ccc2c(c1)OCO2. The van der Waals surface area contributed by atoms with Crippen LogP contribution in [0.15, 0.2) is 18.2 Å². The predicted molar refractivity (Wildman–Crippen MR) is 93.5 cm³/mol. The summed E-state index contributed by atoms with van der Waals surface area (Å²) in [7, 11) is 1.71. The van der Waals surface area contributed by atoms with E-state index in [0.717, 1.165) is 0 Å². The number of carbonyl (C=O) groups excluding carboxylic acids is 3. The number of nitrogens with zero attached hydrogens (tertiary/aromatic N) is 1. The minimum Gasteiger partial charge on any atom is -0.454 e. The average Bonchev–Trinajstić information content (AvgIpc) is 3.06. The molecule has 9 nitrogen and oxygen atoms in total. The van der Waals surface area contributed by atoms with Crippen LogP contribution in [-0.4, -0.2) is 54.6 Å². The van der Waals surface area contributed by atoms with Gasteiger partial charge in [-0.25, -0.2) is 0 Å². The van der Waals surface area contributed by atoms with Crippen molar-refractivity contribution in [1.29, 1.82) is 0 Å². The Morgan fingerprint density at radius 1 is 1.23 bits per heavy atom. The summed E-state index contributed by atoms with van der Waals surface area (Å²) in [6, 6.07) is 3.46. The van der Waals surface area contributed by atoms with Crippen LogP contribution in [0.1, 0.15) is 30.6 Å². The summed E-state index contributed by atoms with van der Waals surface area (Å²) < 4.78 is 10.5. The Morgan fingerprint density at radius 2 is 1.88 bits per heavy atom. The first-order valence-corrected chi connectivity index (χ1v) is 8.20. The number of hydrogen-bond acceptors (Lipinski definition) is 7. The minimum atomic E-state index is -1.02. The summed E-state index contributed by atoms with van der Waals surface area (Å²) in [6.45, 7) is 3.59. The molecule has 3 unspecified atom stereocenters. The first kappa shape index (κ1) is 19.7. The minimum absolute atomic E-state index is 0.131. The van der Waals surface area contributed by atoms with Crippen molar-refractivity contribution >= 4 is 17.6 Å². The number of fused-ring (bicyclic) bond motifs is 1. The van der Waals surface area contributed by atoms with Gasteiger partial charge < -0.3 is 26.3 Å². The van der Waals surface area contributed by atoms with E-state index in [-0.39, 0.29) is 19.0 Å². The zero-order chi connectivity index (χ0) is 19.4. The molecule has 1 aromatic carbocycles. The maximum atomic E-state index is 12.7. The van der Waals surface area contributed by atoms with Gasteiger partial charge in [0.1, 0.15) is 0 Å². The van der Waals surface area contributed by atoms with E-state index in [1.165, 1.54) is 0 Å². The first-order chi connectivity index (χ1) is 12.2. The molecule has 0 saturated heterocycles. The topological polar surface area (TPSA) is 137 Å². The number of benzene rings is 1. The van der Waals surface area contributed by atoms with Gasteiger partial charge in [0.15, 0.2) is 17.3 Å². The van der Waals surface area contributed by atoms with Gasteiger partial charge in [-0.3, -0.25) is 19.3 Å². The lowest BCUT2D eigenvalue weighted by Gasteiger charge is -2.31. The number of ether oxygens (including phenoxy) is 2. The van der Waals surface area contributed by atoms with E-state index in [9.17, 15) is 14.4 Å². The van der Waals surface area contributed by atoms with Crippen LogP contribution >= 0.6 is 0 Å². The quantitative estimate of drug-likeness (QED) is 0.421. The van der Waals surface area contributed by atoms with Gasteiger partial charge in [0, 0.05) is 5.56 Å². The summed E-state index contributed by atoms with van der Waals surface area (Å²) in [5, 5.41) is 2.67. The lowest BCUT2D eigenvalue weighted by Crippen LogP contribution is -2.54. The van der Waals surface area contributed by atoms with E-state index in [2.05, 4.69) is 5.32 Å². The first-order valence-electron chi connectivity index (χ1n) is 8.20. The van der Waals surface area contributed by atoms with Crippen LogP contribution in [0.25, 0.3) is 0 Å². The smallest absolute Gasteiger partial charge is 0.238 e. The molecule has 142 valence electrons. The van der Waals surface area contributed by atoms with Crippen molar-refractivity contribution in [3.63, 3.8) is 0 Å². The van der Waals surface area contributed by atoms with Crippen LogP contribution in [0.5, 0.6) is 11.5 Å². The zero-order valence-corrected chi connectivity index (χ0v) is 15.0. The molecule has 0 bridgehead atoms. The maximum absolute atomic E-state index is 12.7. The molecule has 0 aliphatic carbocycles. The van der Waals surface area contributed by atoms with Gasteiger partial charge in [-0.2, -0.15) is 0 Å². The van der Waals surface area contributed by atoms with E-state index in [0.29, 0.717) is 17.1 Å². The fraction of sp³-hybridized carbons (Fsp3) is 0.471. The summed E-state index contributed by atoms with van der Waals surface area (Å²) >= 11 is 0. The normalized spacial score (nSPS) is 16.0. The highest BCUT2D eigenvalue weighted by molar-refractivity contribution is 6.00. The number of rotatable bonds is 8. The maximum Gasteiger partial charge on any atom is 0.238 e.